The van der Waals surface area contributed by atoms with Crippen molar-refractivity contribution in [3.05, 3.63) is 66.0 Å². The third kappa shape index (κ3) is 2.98. The minimum Gasteiger partial charge on any atom is -0.497 e. The first kappa shape index (κ1) is 17.1. The summed E-state index contributed by atoms with van der Waals surface area (Å²) in [5.74, 6) is 0.175. The summed E-state index contributed by atoms with van der Waals surface area (Å²) in [5.41, 5.74) is 9.06. The highest BCUT2D eigenvalue weighted by Gasteiger charge is 2.21. The number of esters is 1. The molecule has 3 rings (SSSR count). The van der Waals surface area contributed by atoms with Crippen LogP contribution in [-0.4, -0.2) is 24.8 Å². The van der Waals surface area contributed by atoms with Crippen LogP contribution in [0.1, 0.15) is 16.1 Å². The summed E-state index contributed by atoms with van der Waals surface area (Å²) in [7, 11) is 2.89. The Labute approximate surface area is 151 Å². The van der Waals surface area contributed by atoms with Crippen LogP contribution in [-0.2, 0) is 4.74 Å². The number of carbonyl (C=O) groups is 1. The summed E-state index contributed by atoms with van der Waals surface area (Å²) in [4.78, 5) is 12.1. The van der Waals surface area contributed by atoms with Gasteiger partial charge in [0.15, 0.2) is 5.69 Å². The van der Waals surface area contributed by atoms with E-state index >= 15 is 0 Å². The first-order chi connectivity index (χ1) is 12.6. The van der Waals surface area contributed by atoms with E-state index in [2.05, 4.69) is 0 Å². The Kier molecular flexibility index (Phi) is 4.63. The number of hydrogen-bond acceptors (Lipinski definition) is 5. The van der Waals surface area contributed by atoms with Crippen molar-refractivity contribution in [3.63, 3.8) is 0 Å². The second kappa shape index (κ2) is 7.03. The zero-order valence-electron chi connectivity index (χ0n) is 14.4. The lowest BCUT2D eigenvalue weighted by atomic mass is 10.0. The first-order valence-electron chi connectivity index (χ1n) is 7.83. The molecule has 26 heavy (non-hydrogen) atoms. The molecule has 6 heteroatoms. The van der Waals surface area contributed by atoms with Gasteiger partial charge in [0.05, 0.1) is 25.5 Å². The number of carbonyl (C=O) groups excluding carboxylic acids is 1. The van der Waals surface area contributed by atoms with Gasteiger partial charge in [-0.15, -0.1) is 0 Å². The predicted octanol–water partition coefficient (Wildman–Crippen LogP) is 3.39. The second-order valence-electron chi connectivity index (χ2n) is 5.56. The second-order valence-corrected chi connectivity index (χ2v) is 5.56. The van der Waals surface area contributed by atoms with Crippen LogP contribution in [0.25, 0.3) is 16.8 Å². The number of nitrogens with two attached hydrogens (primary N) is 1. The molecule has 0 radical (unpaired) electrons. The van der Waals surface area contributed by atoms with Gasteiger partial charge in [-0.05, 0) is 35.4 Å². The average Bonchev–Trinajstić information content (AvgIpc) is 3.04. The highest BCUT2D eigenvalue weighted by atomic mass is 16.5. The third-order valence-electron chi connectivity index (χ3n) is 4.09. The molecular weight excluding hydrogens is 330 g/mol. The van der Waals surface area contributed by atoms with Crippen molar-refractivity contribution in [1.82, 2.24) is 4.57 Å². The first-order valence-corrected chi connectivity index (χ1v) is 7.83. The number of aromatic nitrogens is 1. The molecule has 3 aromatic rings. The SMILES string of the molecule is COC(=O)c1c(N)c(C#N)cn1-c1cccc(-c2ccc(OC)cc2)c1. The van der Waals surface area contributed by atoms with Gasteiger partial charge in [0.25, 0.3) is 0 Å². The summed E-state index contributed by atoms with van der Waals surface area (Å²) < 4.78 is 11.6. The molecule has 0 saturated carbocycles. The van der Waals surface area contributed by atoms with Gasteiger partial charge in [0.1, 0.15) is 11.8 Å². The fourth-order valence-electron chi connectivity index (χ4n) is 2.74. The van der Waals surface area contributed by atoms with E-state index in [0.717, 1.165) is 16.9 Å². The Bertz CT molecular complexity index is 998. The van der Waals surface area contributed by atoms with Gasteiger partial charge in [-0.2, -0.15) is 5.26 Å². The molecule has 0 aliphatic rings. The molecule has 1 heterocycles. The Morgan fingerprint density at radius 3 is 2.46 bits per heavy atom. The van der Waals surface area contributed by atoms with E-state index in [1.165, 1.54) is 13.3 Å². The molecule has 0 bridgehead atoms. The van der Waals surface area contributed by atoms with E-state index in [0.29, 0.717) is 5.69 Å². The zero-order chi connectivity index (χ0) is 18.7. The lowest BCUT2D eigenvalue weighted by Crippen LogP contribution is -2.11. The zero-order valence-corrected chi connectivity index (χ0v) is 14.4. The van der Waals surface area contributed by atoms with Crippen LogP contribution in [0.2, 0.25) is 0 Å². The average molecular weight is 347 g/mol. The van der Waals surface area contributed by atoms with E-state index in [1.807, 2.05) is 54.6 Å². The predicted molar refractivity (Wildman–Crippen MR) is 98.2 cm³/mol. The molecule has 2 N–H and O–H groups in total. The van der Waals surface area contributed by atoms with Gasteiger partial charge in [0, 0.05) is 11.9 Å². The Balaban J connectivity index is 2.11. The van der Waals surface area contributed by atoms with Gasteiger partial charge >= 0.3 is 5.97 Å². The van der Waals surface area contributed by atoms with Crippen molar-refractivity contribution in [2.24, 2.45) is 0 Å². The molecule has 130 valence electrons. The van der Waals surface area contributed by atoms with Crippen molar-refractivity contribution in [2.75, 3.05) is 20.0 Å². The van der Waals surface area contributed by atoms with Gasteiger partial charge in [-0.1, -0.05) is 24.3 Å². The van der Waals surface area contributed by atoms with Gasteiger partial charge in [-0.3, -0.25) is 0 Å². The van der Waals surface area contributed by atoms with Crippen LogP contribution in [0, 0.1) is 11.3 Å². The molecule has 0 aliphatic carbocycles. The van der Waals surface area contributed by atoms with Crippen molar-refractivity contribution in [3.8, 4) is 28.6 Å². The highest BCUT2D eigenvalue weighted by Crippen LogP contribution is 2.28. The minimum absolute atomic E-state index is 0.106. The molecule has 0 unspecified atom stereocenters. The number of methoxy groups -OCH3 is 2. The van der Waals surface area contributed by atoms with Crippen molar-refractivity contribution >= 4 is 11.7 Å². The molecule has 0 aliphatic heterocycles. The normalized spacial score (nSPS) is 10.2. The van der Waals surface area contributed by atoms with Crippen LogP contribution >= 0.6 is 0 Å². The number of ether oxygens (including phenoxy) is 2. The number of nitrogen functional groups attached to an aromatic ring is 1. The number of rotatable bonds is 4. The molecule has 0 saturated heterocycles. The monoisotopic (exact) mass is 347 g/mol. The third-order valence-corrected chi connectivity index (χ3v) is 4.09. The highest BCUT2D eigenvalue weighted by molar-refractivity contribution is 5.96. The Morgan fingerprint density at radius 1 is 1.12 bits per heavy atom. The lowest BCUT2D eigenvalue weighted by Gasteiger charge is -2.11. The van der Waals surface area contributed by atoms with E-state index < -0.39 is 5.97 Å². The van der Waals surface area contributed by atoms with Crippen LogP contribution in [0.3, 0.4) is 0 Å². The number of nitriles is 1. The van der Waals surface area contributed by atoms with Gasteiger partial charge < -0.3 is 19.8 Å². The Morgan fingerprint density at radius 2 is 1.85 bits per heavy atom. The Hall–Kier alpha value is -3.72. The van der Waals surface area contributed by atoms with E-state index in [1.54, 1.807) is 11.7 Å². The van der Waals surface area contributed by atoms with Crippen LogP contribution in [0.5, 0.6) is 5.75 Å². The smallest absolute Gasteiger partial charge is 0.357 e. The summed E-state index contributed by atoms with van der Waals surface area (Å²) in [6.07, 6.45) is 1.54. The van der Waals surface area contributed by atoms with Crippen LogP contribution in [0.15, 0.2) is 54.7 Å². The molecule has 0 atom stereocenters. The molecule has 6 nitrogen and oxygen atoms in total. The molecule has 1 aromatic heterocycles. The van der Waals surface area contributed by atoms with Gasteiger partial charge in [0.2, 0.25) is 0 Å². The van der Waals surface area contributed by atoms with Crippen LogP contribution < -0.4 is 10.5 Å². The maximum atomic E-state index is 12.1. The van der Waals surface area contributed by atoms with E-state index in [9.17, 15) is 10.1 Å². The van der Waals surface area contributed by atoms with Crippen molar-refractivity contribution < 1.29 is 14.3 Å². The standard InChI is InChI=1S/C20H17N3O3/c1-25-17-8-6-13(7-9-17)14-4-3-5-16(10-14)23-12-15(11-21)18(22)19(23)20(24)26-2/h3-10,12H,22H2,1-2H3. The molecular formula is C20H17N3O3. The quantitative estimate of drug-likeness (QED) is 0.731. The fraction of sp³-hybridized carbons (Fsp3) is 0.100. The van der Waals surface area contributed by atoms with Gasteiger partial charge in [-0.25, -0.2) is 4.79 Å². The number of hydrogen-bond donors (Lipinski definition) is 1. The fourth-order valence-corrected chi connectivity index (χ4v) is 2.74. The maximum Gasteiger partial charge on any atom is 0.357 e. The summed E-state index contributed by atoms with van der Waals surface area (Å²) in [5, 5.41) is 9.23. The van der Waals surface area contributed by atoms with E-state index in [-0.39, 0.29) is 16.9 Å². The summed E-state index contributed by atoms with van der Waals surface area (Å²) in [6.45, 7) is 0. The topological polar surface area (TPSA) is 90.3 Å². The molecule has 0 fully saturated rings. The summed E-state index contributed by atoms with van der Waals surface area (Å²) >= 11 is 0. The van der Waals surface area contributed by atoms with Crippen molar-refractivity contribution in [2.45, 2.75) is 0 Å². The maximum absolute atomic E-state index is 12.1. The number of nitrogens with zero attached hydrogens (tertiary/aromatic N) is 2. The lowest BCUT2D eigenvalue weighted by molar-refractivity contribution is 0.0593. The number of anilines is 1. The number of benzene rings is 2. The van der Waals surface area contributed by atoms with Crippen molar-refractivity contribution in [1.29, 1.82) is 5.26 Å². The van der Waals surface area contributed by atoms with Crippen LogP contribution in [0.4, 0.5) is 5.69 Å². The summed E-state index contributed by atoms with van der Waals surface area (Å²) in [6, 6.07) is 17.2. The molecule has 2 aromatic carbocycles. The van der Waals surface area contributed by atoms with E-state index in [4.69, 9.17) is 15.2 Å². The molecule has 0 spiro atoms. The largest absolute Gasteiger partial charge is 0.497 e. The molecule has 0 amide bonds. The minimum atomic E-state index is -0.598.